The average Bonchev–Trinajstić information content (AvgIpc) is 3.73. The van der Waals surface area contributed by atoms with Crippen molar-refractivity contribution in [2.24, 2.45) is 0 Å². The molecule has 3 heteroatoms. The van der Waals surface area contributed by atoms with Crippen LogP contribution in [0.3, 0.4) is 0 Å². The second kappa shape index (κ2) is 11.9. The summed E-state index contributed by atoms with van der Waals surface area (Å²) < 4.78 is 4.94. The highest BCUT2D eigenvalue weighted by molar-refractivity contribution is 7.19. The van der Waals surface area contributed by atoms with Crippen molar-refractivity contribution >= 4 is 72.4 Å². The van der Waals surface area contributed by atoms with Crippen molar-refractivity contribution in [1.82, 2.24) is 9.13 Å². The largest absolute Gasteiger partial charge is 0.309 e. The van der Waals surface area contributed by atoms with Crippen LogP contribution in [0.4, 0.5) is 0 Å². The van der Waals surface area contributed by atoms with Gasteiger partial charge in [0.1, 0.15) is 0 Å². The van der Waals surface area contributed by atoms with E-state index in [0.29, 0.717) is 0 Å². The van der Waals surface area contributed by atoms with Gasteiger partial charge in [-0.05, 0) is 63.2 Å². The zero-order valence-electron chi connectivity index (χ0n) is 28.0. The Morgan fingerprint density at radius 2 is 0.765 bits per heavy atom. The third kappa shape index (κ3) is 4.42. The first-order valence-electron chi connectivity index (χ1n) is 17.6. The number of nitrogens with zero attached hydrogens (tertiary/aromatic N) is 2. The van der Waals surface area contributed by atoms with Gasteiger partial charge in [-0.1, -0.05) is 164 Å². The van der Waals surface area contributed by atoms with Crippen molar-refractivity contribution in [1.29, 1.82) is 0 Å². The number of benzene rings is 8. The maximum atomic E-state index is 2.49. The number of rotatable bonds is 6. The highest BCUT2D eigenvalue weighted by Gasteiger charge is 2.41. The van der Waals surface area contributed by atoms with E-state index in [1.807, 2.05) is 0 Å². The molecule has 0 aliphatic carbocycles. The SMILES string of the molecule is c1ccc(-n2c3ccccc3c3ccc4c(c5ccccc5n4-c4cccc([Si](c5ccccc5)(c5ccccc5)c5ccccc5)c4)c32)cc1. The molecular formula is C48H34N2Si. The first-order valence-corrected chi connectivity index (χ1v) is 19.6. The van der Waals surface area contributed by atoms with E-state index in [9.17, 15) is 0 Å². The zero-order chi connectivity index (χ0) is 33.8. The summed E-state index contributed by atoms with van der Waals surface area (Å²) in [5, 5.41) is 10.5. The van der Waals surface area contributed by atoms with E-state index in [1.165, 1.54) is 75.7 Å². The van der Waals surface area contributed by atoms with Gasteiger partial charge in [0.25, 0.3) is 0 Å². The highest BCUT2D eigenvalue weighted by atomic mass is 28.3. The fourth-order valence-corrected chi connectivity index (χ4v) is 13.4. The fraction of sp³-hybridized carbons (Fsp3) is 0. The molecule has 0 aliphatic heterocycles. The molecule has 0 fully saturated rings. The van der Waals surface area contributed by atoms with E-state index >= 15 is 0 Å². The molecule has 10 rings (SSSR count). The molecule has 0 atom stereocenters. The molecule has 51 heavy (non-hydrogen) atoms. The van der Waals surface area contributed by atoms with E-state index in [1.54, 1.807) is 0 Å². The Morgan fingerprint density at radius 1 is 0.294 bits per heavy atom. The second-order valence-corrected chi connectivity index (χ2v) is 17.1. The zero-order valence-corrected chi connectivity index (χ0v) is 29.0. The molecule has 0 radical (unpaired) electrons. The molecule has 2 heterocycles. The standard InChI is InChI=1S/C48H34N2Si/c1-5-18-35(19-6-1)50-44-30-15-13-28-41(44)42-32-33-46-47(48(42)50)43-29-14-16-31-45(43)49(46)36-20-17-27-40(34-36)51(37-21-7-2-8-22-37,38-23-9-3-10-24-38)39-25-11-4-12-26-39/h1-34H. The molecule has 10 aromatic rings. The van der Waals surface area contributed by atoms with Gasteiger partial charge in [0.05, 0.1) is 22.1 Å². The number of para-hydroxylation sites is 3. The van der Waals surface area contributed by atoms with Gasteiger partial charge in [-0.25, -0.2) is 0 Å². The van der Waals surface area contributed by atoms with Gasteiger partial charge < -0.3 is 9.13 Å². The first kappa shape index (κ1) is 29.5. The Hall–Kier alpha value is -6.42. The summed E-state index contributed by atoms with van der Waals surface area (Å²) in [6, 6.07) is 76.1. The van der Waals surface area contributed by atoms with Gasteiger partial charge in [-0.3, -0.25) is 0 Å². The fourth-order valence-electron chi connectivity index (χ4n) is 8.57. The Kier molecular flexibility index (Phi) is 6.86. The Bertz CT molecular complexity index is 2740. The van der Waals surface area contributed by atoms with Gasteiger partial charge >= 0.3 is 0 Å². The van der Waals surface area contributed by atoms with E-state index in [0.717, 1.165) is 0 Å². The van der Waals surface area contributed by atoms with Crippen LogP contribution < -0.4 is 20.7 Å². The minimum atomic E-state index is -2.72. The minimum Gasteiger partial charge on any atom is -0.309 e. The van der Waals surface area contributed by atoms with Crippen molar-refractivity contribution in [2.75, 3.05) is 0 Å². The molecule has 0 unspecified atom stereocenters. The minimum absolute atomic E-state index is 1.17. The summed E-state index contributed by atoms with van der Waals surface area (Å²) in [7, 11) is -2.72. The van der Waals surface area contributed by atoms with Crippen LogP contribution >= 0.6 is 0 Å². The molecule has 0 saturated heterocycles. The summed E-state index contributed by atoms with van der Waals surface area (Å²) in [4.78, 5) is 0. The van der Waals surface area contributed by atoms with Crippen molar-refractivity contribution in [3.05, 3.63) is 206 Å². The van der Waals surface area contributed by atoms with Gasteiger partial charge in [0.2, 0.25) is 0 Å². The average molecular weight is 667 g/mol. The van der Waals surface area contributed by atoms with Gasteiger partial charge in [0, 0.05) is 32.9 Å². The van der Waals surface area contributed by atoms with Crippen LogP contribution in [0, 0.1) is 0 Å². The Balaban J connectivity index is 1.31. The van der Waals surface area contributed by atoms with E-state index < -0.39 is 8.07 Å². The molecular weight excluding hydrogens is 633 g/mol. The Labute approximate surface area is 298 Å². The van der Waals surface area contributed by atoms with Crippen molar-refractivity contribution in [3.8, 4) is 11.4 Å². The lowest BCUT2D eigenvalue weighted by Crippen LogP contribution is -2.74. The highest BCUT2D eigenvalue weighted by Crippen LogP contribution is 2.41. The molecule has 2 aromatic heterocycles. The third-order valence-electron chi connectivity index (χ3n) is 10.6. The Morgan fingerprint density at radius 3 is 1.37 bits per heavy atom. The van der Waals surface area contributed by atoms with E-state index in [4.69, 9.17) is 0 Å². The first-order chi connectivity index (χ1) is 25.3. The van der Waals surface area contributed by atoms with E-state index in [-0.39, 0.29) is 0 Å². The summed E-state index contributed by atoms with van der Waals surface area (Å²) in [5.41, 5.74) is 7.20. The maximum absolute atomic E-state index is 2.72. The second-order valence-electron chi connectivity index (χ2n) is 13.3. The summed E-state index contributed by atoms with van der Waals surface area (Å²) >= 11 is 0. The van der Waals surface area contributed by atoms with E-state index in [2.05, 4.69) is 215 Å². The smallest absolute Gasteiger partial charge is 0.179 e. The van der Waals surface area contributed by atoms with Crippen molar-refractivity contribution in [3.63, 3.8) is 0 Å². The van der Waals surface area contributed by atoms with Crippen molar-refractivity contribution in [2.45, 2.75) is 0 Å². The van der Waals surface area contributed by atoms with Crippen LogP contribution in [0.15, 0.2) is 206 Å². The molecule has 0 saturated carbocycles. The predicted molar refractivity (Wildman–Crippen MR) is 219 cm³/mol. The van der Waals surface area contributed by atoms with Crippen LogP contribution in [0.2, 0.25) is 0 Å². The maximum Gasteiger partial charge on any atom is 0.179 e. The lowest BCUT2D eigenvalue weighted by atomic mass is 10.1. The lowest BCUT2D eigenvalue weighted by Gasteiger charge is -2.34. The summed E-state index contributed by atoms with van der Waals surface area (Å²) in [6.45, 7) is 0. The molecule has 0 amide bonds. The molecule has 0 N–H and O–H groups in total. The molecule has 0 bridgehead atoms. The van der Waals surface area contributed by atoms with Crippen molar-refractivity contribution < 1.29 is 0 Å². The van der Waals surface area contributed by atoms with Gasteiger partial charge in [0.15, 0.2) is 8.07 Å². The lowest BCUT2D eigenvalue weighted by molar-refractivity contribution is 1.18. The predicted octanol–water partition coefficient (Wildman–Crippen LogP) is 9.26. The van der Waals surface area contributed by atoms with Crippen LogP contribution in [-0.4, -0.2) is 17.2 Å². The summed E-state index contributed by atoms with van der Waals surface area (Å²) in [5.74, 6) is 0. The molecule has 8 aromatic carbocycles. The summed E-state index contributed by atoms with van der Waals surface area (Å²) in [6.07, 6.45) is 0. The molecule has 0 spiro atoms. The van der Waals surface area contributed by atoms with Gasteiger partial charge in [-0.2, -0.15) is 0 Å². The number of fused-ring (bicyclic) bond motifs is 7. The number of aromatic nitrogens is 2. The van der Waals surface area contributed by atoms with Crippen LogP contribution in [0.25, 0.3) is 55.0 Å². The quantitative estimate of drug-likeness (QED) is 0.124. The molecule has 2 nitrogen and oxygen atoms in total. The normalized spacial score (nSPS) is 11.9. The van der Waals surface area contributed by atoms with Crippen LogP contribution in [0.5, 0.6) is 0 Å². The van der Waals surface area contributed by atoms with Crippen LogP contribution in [-0.2, 0) is 0 Å². The number of hydrogen-bond donors (Lipinski definition) is 0. The molecule has 0 aliphatic rings. The monoisotopic (exact) mass is 666 g/mol. The van der Waals surface area contributed by atoms with Crippen LogP contribution in [0.1, 0.15) is 0 Å². The molecule has 240 valence electrons. The number of hydrogen-bond acceptors (Lipinski definition) is 0. The third-order valence-corrected chi connectivity index (χ3v) is 15.4. The van der Waals surface area contributed by atoms with Gasteiger partial charge in [-0.15, -0.1) is 0 Å². The topological polar surface area (TPSA) is 9.86 Å².